The van der Waals surface area contributed by atoms with Crippen molar-refractivity contribution in [3.63, 3.8) is 0 Å². The average molecular weight is 236 g/mol. The number of anilines is 1. The normalized spacial score (nSPS) is 19.4. The first-order valence-corrected chi connectivity index (χ1v) is 6.03. The molecule has 94 valence electrons. The zero-order valence-electron chi connectivity index (χ0n) is 10.7. The summed E-state index contributed by atoms with van der Waals surface area (Å²) < 4.78 is 5.16. The van der Waals surface area contributed by atoms with Crippen molar-refractivity contribution in [3.8, 4) is 5.88 Å². The molecule has 1 aromatic heterocycles. The van der Waals surface area contributed by atoms with Gasteiger partial charge in [-0.3, -0.25) is 0 Å². The molecule has 0 saturated carbocycles. The molecular weight excluding hydrogens is 216 g/mol. The molecule has 5 nitrogen and oxygen atoms in total. The van der Waals surface area contributed by atoms with Crippen LogP contribution < -0.4 is 15.0 Å². The van der Waals surface area contributed by atoms with Gasteiger partial charge in [-0.25, -0.2) is 4.98 Å². The number of likely N-dealkylation sites (N-methyl/N-ethyl adjacent to an activating group) is 1. The van der Waals surface area contributed by atoms with Gasteiger partial charge in [-0.2, -0.15) is 4.98 Å². The van der Waals surface area contributed by atoms with Gasteiger partial charge in [0, 0.05) is 31.4 Å². The maximum absolute atomic E-state index is 5.16. The van der Waals surface area contributed by atoms with Crippen LogP contribution in [0, 0.1) is 6.92 Å². The lowest BCUT2D eigenvalue weighted by atomic mass is 10.2. The molecule has 0 aromatic carbocycles. The first-order chi connectivity index (χ1) is 8.19. The fraction of sp³-hybridized carbons (Fsp3) is 0.667. The Morgan fingerprint density at radius 1 is 1.53 bits per heavy atom. The molecule has 1 aromatic rings. The third-order valence-electron chi connectivity index (χ3n) is 3.03. The van der Waals surface area contributed by atoms with Crippen LogP contribution in [0.3, 0.4) is 0 Å². The number of aryl methyl sites for hydroxylation is 1. The molecule has 2 rings (SSSR count). The Labute approximate surface area is 102 Å². The van der Waals surface area contributed by atoms with Gasteiger partial charge in [0.25, 0.3) is 0 Å². The zero-order chi connectivity index (χ0) is 12.3. The van der Waals surface area contributed by atoms with Gasteiger partial charge < -0.3 is 15.0 Å². The van der Waals surface area contributed by atoms with Crippen molar-refractivity contribution >= 4 is 5.95 Å². The van der Waals surface area contributed by atoms with E-state index >= 15 is 0 Å². The van der Waals surface area contributed by atoms with Gasteiger partial charge in [0.15, 0.2) is 0 Å². The molecule has 1 saturated heterocycles. The smallest absolute Gasteiger partial charge is 0.228 e. The molecular formula is C12H20N4O. The predicted molar refractivity (Wildman–Crippen MR) is 67.6 cm³/mol. The summed E-state index contributed by atoms with van der Waals surface area (Å²) in [6.45, 7) is 4.01. The largest absolute Gasteiger partial charge is 0.481 e. The Kier molecular flexibility index (Phi) is 3.78. The highest BCUT2D eigenvalue weighted by atomic mass is 16.5. The minimum atomic E-state index is 0.551. The average Bonchev–Trinajstić information content (AvgIpc) is 2.81. The van der Waals surface area contributed by atoms with Crippen molar-refractivity contribution in [1.29, 1.82) is 0 Å². The number of hydrogen-bond donors (Lipinski definition) is 1. The SMILES string of the molecule is COc1cc(C)nc(N(C)CC2CCCN2)n1. The third-order valence-corrected chi connectivity index (χ3v) is 3.03. The zero-order valence-corrected chi connectivity index (χ0v) is 10.7. The van der Waals surface area contributed by atoms with E-state index in [1.54, 1.807) is 7.11 Å². The Balaban J connectivity index is 2.06. The molecule has 1 aliphatic heterocycles. The number of ether oxygens (including phenoxy) is 1. The number of rotatable bonds is 4. The highest BCUT2D eigenvalue weighted by Crippen LogP contribution is 2.15. The molecule has 0 spiro atoms. The minimum absolute atomic E-state index is 0.551. The van der Waals surface area contributed by atoms with Gasteiger partial charge >= 0.3 is 0 Å². The molecule has 1 unspecified atom stereocenters. The fourth-order valence-corrected chi connectivity index (χ4v) is 2.12. The van der Waals surface area contributed by atoms with Crippen molar-refractivity contribution in [2.45, 2.75) is 25.8 Å². The first-order valence-electron chi connectivity index (χ1n) is 6.03. The van der Waals surface area contributed by atoms with E-state index in [1.165, 1.54) is 12.8 Å². The number of aromatic nitrogens is 2. The van der Waals surface area contributed by atoms with E-state index in [4.69, 9.17) is 4.74 Å². The second-order valence-corrected chi connectivity index (χ2v) is 4.53. The molecule has 1 atom stereocenters. The molecule has 17 heavy (non-hydrogen) atoms. The van der Waals surface area contributed by atoms with E-state index in [0.29, 0.717) is 11.9 Å². The summed E-state index contributed by atoms with van der Waals surface area (Å²) in [4.78, 5) is 10.9. The van der Waals surface area contributed by atoms with Crippen LogP contribution in [0.25, 0.3) is 0 Å². The monoisotopic (exact) mass is 236 g/mol. The number of nitrogens with one attached hydrogen (secondary N) is 1. The summed E-state index contributed by atoms with van der Waals surface area (Å²) in [5, 5.41) is 3.47. The molecule has 2 heterocycles. The number of hydrogen-bond acceptors (Lipinski definition) is 5. The molecule has 0 aliphatic carbocycles. The van der Waals surface area contributed by atoms with Crippen LogP contribution in [0.5, 0.6) is 5.88 Å². The van der Waals surface area contributed by atoms with Crippen LogP contribution in [0.1, 0.15) is 18.5 Å². The first kappa shape index (κ1) is 12.1. The van der Waals surface area contributed by atoms with Gasteiger partial charge in [0.05, 0.1) is 7.11 Å². The standard InChI is InChI=1S/C12H20N4O/c1-9-7-11(17-3)15-12(14-9)16(2)8-10-5-4-6-13-10/h7,10,13H,4-6,8H2,1-3H3. The molecule has 0 amide bonds. The summed E-state index contributed by atoms with van der Waals surface area (Å²) >= 11 is 0. The van der Waals surface area contributed by atoms with E-state index in [-0.39, 0.29) is 0 Å². The van der Waals surface area contributed by atoms with Crippen molar-refractivity contribution in [2.75, 3.05) is 32.1 Å². The molecule has 1 fully saturated rings. The molecule has 1 aliphatic rings. The van der Waals surface area contributed by atoms with Crippen molar-refractivity contribution in [2.24, 2.45) is 0 Å². The van der Waals surface area contributed by atoms with Gasteiger partial charge in [0.1, 0.15) is 0 Å². The maximum atomic E-state index is 5.16. The topological polar surface area (TPSA) is 50.3 Å². The van der Waals surface area contributed by atoms with Gasteiger partial charge in [-0.1, -0.05) is 0 Å². The maximum Gasteiger partial charge on any atom is 0.228 e. The molecule has 0 bridgehead atoms. The Morgan fingerprint density at radius 3 is 3.00 bits per heavy atom. The molecule has 1 N–H and O–H groups in total. The van der Waals surface area contributed by atoms with Crippen LogP contribution in [-0.4, -0.2) is 43.3 Å². The Hall–Kier alpha value is -1.36. The van der Waals surface area contributed by atoms with Crippen LogP contribution in [0.2, 0.25) is 0 Å². The quantitative estimate of drug-likeness (QED) is 0.844. The summed E-state index contributed by atoms with van der Waals surface area (Å²) in [6.07, 6.45) is 2.49. The van der Waals surface area contributed by atoms with Crippen LogP contribution in [0.4, 0.5) is 5.95 Å². The number of methoxy groups -OCH3 is 1. The number of nitrogens with zero attached hydrogens (tertiary/aromatic N) is 3. The molecule has 0 radical (unpaired) electrons. The van der Waals surface area contributed by atoms with Crippen LogP contribution >= 0.6 is 0 Å². The van der Waals surface area contributed by atoms with E-state index in [0.717, 1.165) is 24.7 Å². The van der Waals surface area contributed by atoms with Crippen molar-refractivity contribution in [1.82, 2.24) is 15.3 Å². The summed E-state index contributed by atoms with van der Waals surface area (Å²) in [7, 11) is 3.65. The highest BCUT2D eigenvalue weighted by molar-refractivity contribution is 5.33. The van der Waals surface area contributed by atoms with Crippen LogP contribution in [-0.2, 0) is 0 Å². The van der Waals surface area contributed by atoms with E-state index in [9.17, 15) is 0 Å². The van der Waals surface area contributed by atoms with E-state index in [1.807, 2.05) is 20.0 Å². The summed E-state index contributed by atoms with van der Waals surface area (Å²) in [5.41, 5.74) is 0.929. The van der Waals surface area contributed by atoms with Crippen molar-refractivity contribution < 1.29 is 4.74 Å². The fourth-order valence-electron chi connectivity index (χ4n) is 2.12. The van der Waals surface area contributed by atoms with Crippen LogP contribution in [0.15, 0.2) is 6.07 Å². The lowest BCUT2D eigenvalue weighted by Gasteiger charge is -2.21. The van der Waals surface area contributed by atoms with Gasteiger partial charge in [-0.15, -0.1) is 0 Å². The third kappa shape index (κ3) is 3.06. The highest BCUT2D eigenvalue weighted by Gasteiger charge is 2.17. The summed E-state index contributed by atoms with van der Waals surface area (Å²) in [5.74, 6) is 1.36. The predicted octanol–water partition coefficient (Wildman–Crippen LogP) is 0.982. The second-order valence-electron chi connectivity index (χ2n) is 4.53. The lowest BCUT2D eigenvalue weighted by Crippen LogP contribution is -2.36. The van der Waals surface area contributed by atoms with Crippen molar-refractivity contribution in [3.05, 3.63) is 11.8 Å². The second kappa shape index (κ2) is 5.31. The Morgan fingerprint density at radius 2 is 2.35 bits per heavy atom. The molecule has 5 heteroatoms. The van der Waals surface area contributed by atoms with E-state index in [2.05, 4.69) is 20.2 Å². The Bertz CT molecular complexity index is 377. The van der Waals surface area contributed by atoms with Gasteiger partial charge in [0.2, 0.25) is 11.8 Å². The summed E-state index contributed by atoms with van der Waals surface area (Å²) in [6, 6.07) is 2.39. The lowest BCUT2D eigenvalue weighted by molar-refractivity contribution is 0.396. The minimum Gasteiger partial charge on any atom is -0.481 e. The van der Waals surface area contributed by atoms with E-state index < -0.39 is 0 Å². The van der Waals surface area contributed by atoms with Gasteiger partial charge in [-0.05, 0) is 26.3 Å².